The van der Waals surface area contributed by atoms with Crippen LogP contribution in [-0.4, -0.2) is 5.11 Å². The fraction of sp³-hybridized carbons (Fsp3) is 0.500. The summed E-state index contributed by atoms with van der Waals surface area (Å²) in [7, 11) is 2.46. The van der Waals surface area contributed by atoms with Gasteiger partial charge in [0.15, 0.2) is 0 Å². The van der Waals surface area contributed by atoms with Crippen molar-refractivity contribution in [2.24, 2.45) is 0 Å². The van der Waals surface area contributed by atoms with Gasteiger partial charge in [0.05, 0.1) is 5.60 Å². The zero-order chi connectivity index (χ0) is 8.65. The highest BCUT2D eigenvalue weighted by molar-refractivity contribution is 7.26. The maximum absolute atomic E-state index is 9.61. The van der Waals surface area contributed by atoms with Crippen LogP contribution in [0.15, 0.2) is 10.5 Å². The van der Waals surface area contributed by atoms with E-state index < -0.39 is 5.60 Å². The van der Waals surface area contributed by atoms with Gasteiger partial charge in [0.25, 0.3) is 0 Å². The molecule has 1 aromatic rings. The Hall–Kier alpha value is -0.330. The topological polar surface area (TPSA) is 33.4 Å². The van der Waals surface area contributed by atoms with Gasteiger partial charge in [-0.3, -0.25) is 0 Å². The summed E-state index contributed by atoms with van der Waals surface area (Å²) < 4.78 is 5.24. The van der Waals surface area contributed by atoms with Gasteiger partial charge in [-0.2, -0.15) is 0 Å². The second kappa shape index (κ2) is 2.62. The molecule has 3 heteroatoms. The maximum atomic E-state index is 9.61. The fourth-order valence-corrected chi connectivity index (χ4v) is 1.46. The number of rotatable bonds is 1. The third-order valence-corrected chi connectivity index (χ3v) is 1.88. The van der Waals surface area contributed by atoms with Crippen LogP contribution in [0.25, 0.3) is 0 Å². The Bertz CT molecular complexity index is 258. The van der Waals surface area contributed by atoms with Gasteiger partial charge in [-0.15, -0.1) is 0 Å². The van der Waals surface area contributed by atoms with E-state index in [4.69, 9.17) is 4.42 Å². The normalized spacial score (nSPS) is 12.1. The minimum Gasteiger partial charge on any atom is -0.462 e. The van der Waals surface area contributed by atoms with Crippen molar-refractivity contribution < 1.29 is 9.52 Å². The largest absolute Gasteiger partial charge is 0.462 e. The lowest BCUT2D eigenvalue weighted by atomic mass is 10.00. The van der Waals surface area contributed by atoms with Crippen LogP contribution in [0.5, 0.6) is 0 Å². The summed E-state index contributed by atoms with van der Waals surface area (Å²) in [6.45, 7) is 5.34. The molecule has 1 N–H and O–H groups in total. The highest BCUT2D eigenvalue weighted by Crippen LogP contribution is 2.23. The van der Waals surface area contributed by atoms with Gasteiger partial charge in [-0.1, -0.05) is 9.24 Å². The minimum absolute atomic E-state index is 0.764. The highest BCUT2D eigenvalue weighted by Gasteiger charge is 2.21. The van der Waals surface area contributed by atoms with E-state index >= 15 is 0 Å². The van der Waals surface area contributed by atoms with Gasteiger partial charge < -0.3 is 9.52 Å². The Morgan fingerprint density at radius 1 is 1.55 bits per heavy atom. The summed E-state index contributed by atoms with van der Waals surface area (Å²) in [4.78, 5) is 0. The van der Waals surface area contributed by atoms with E-state index in [9.17, 15) is 5.11 Å². The SMILES string of the molecule is Cc1oc(P)cc1C(C)(C)O. The molecule has 11 heavy (non-hydrogen) atoms. The van der Waals surface area contributed by atoms with Crippen molar-refractivity contribution in [2.75, 3.05) is 0 Å². The van der Waals surface area contributed by atoms with Crippen LogP contribution in [0.3, 0.4) is 0 Å². The molecule has 0 aliphatic heterocycles. The second-order valence-electron chi connectivity index (χ2n) is 3.18. The fourth-order valence-electron chi connectivity index (χ4n) is 1.11. The molecule has 1 unspecified atom stereocenters. The quantitative estimate of drug-likeness (QED) is 0.648. The molecule has 0 amide bonds. The zero-order valence-corrected chi connectivity index (χ0v) is 8.16. The molecule has 0 aliphatic rings. The third-order valence-electron chi connectivity index (χ3n) is 1.60. The highest BCUT2D eigenvalue weighted by atomic mass is 31.0. The van der Waals surface area contributed by atoms with E-state index in [1.807, 2.05) is 13.0 Å². The molecule has 0 bridgehead atoms. The van der Waals surface area contributed by atoms with E-state index in [-0.39, 0.29) is 0 Å². The molecule has 0 aliphatic carbocycles. The van der Waals surface area contributed by atoms with Crippen molar-refractivity contribution >= 4 is 14.7 Å². The van der Waals surface area contributed by atoms with Gasteiger partial charge in [0, 0.05) is 5.56 Å². The summed E-state index contributed by atoms with van der Waals surface area (Å²) in [6.07, 6.45) is 0. The van der Waals surface area contributed by atoms with Crippen LogP contribution in [0.1, 0.15) is 25.2 Å². The van der Waals surface area contributed by atoms with Gasteiger partial charge in [0.2, 0.25) is 0 Å². The standard InChI is InChI=1S/C8H13O2P/c1-5-6(8(2,3)9)4-7(11)10-5/h4,9H,11H2,1-3H3. The molecule has 0 aromatic carbocycles. The summed E-state index contributed by atoms with van der Waals surface area (Å²) in [5.74, 6) is 0.780. The summed E-state index contributed by atoms with van der Waals surface area (Å²) in [6, 6.07) is 1.83. The van der Waals surface area contributed by atoms with E-state index in [1.165, 1.54) is 0 Å². The number of furan rings is 1. The number of aliphatic hydroxyl groups is 1. The lowest BCUT2D eigenvalue weighted by molar-refractivity contribution is 0.0770. The van der Waals surface area contributed by atoms with E-state index in [2.05, 4.69) is 9.24 Å². The van der Waals surface area contributed by atoms with Gasteiger partial charge in [-0.05, 0) is 26.8 Å². The van der Waals surface area contributed by atoms with Gasteiger partial charge in [-0.25, -0.2) is 0 Å². The van der Waals surface area contributed by atoms with Crippen LogP contribution >= 0.6 is 9.24 Å². The third kappa shape index (κ3) is 1.82. The molecule has 0 spiro atoms. The first kappa shape index (κ1) is 8.76. The summed E-state index contributed by atoms with van der Waals surface area (Å²) in [5, 5.41) is 9.61. The molecule has 1 aromatic heterocycles. The Morgan fingerprint density at radius 3 is 2.27 bits per heavy atom. The Labute approximate surface area is 68.8 Å². The Balaban J connectivity index is 3.13. The monoisotopic (exact) mass is 172 g/mol. The van der Waals surface area contributed by atoms with E-state index in [1.54, 1.807) is 13.8 Å². The summed E-state index contributed by atoms with van der Waals surface area (Å²) in [5.41, 5.74) is 0.810. The molecular formula is C8H13O2P. The van der Waals surface area contributed by atoms with Crippen molar-refractivity contribution in [3.05, 3.63) is 17.4 Å². The average molecular weight is 172 g/mol. The maximum Gasteiger partial charge on any atom is 0.120 e. The minimum atomic E-state index is -0.803. The van der Waals surface area contributed by atoms with Crippen molar-refractivity contribution in [3.63, 3.8) is 0 Å². The molecule has 1 rings (SSSR count). The first-order chi connectivity index (χ1) is 4.91. The Kier molecular flexibility index (Phi) is 2.08. The predicted molar refractivity (Wildman–Crippen MR) is 48.0 cm³/mol. The van der Waals surface area contributed by atoms with Crippen molar-refractivity contribution in [1.29, 1.82) is 0 Å². The summed E-state index contributed by atoms with van der Waals surface area (Å²) >= 11 is 0. The van der Waals surface area contributed by atoms with Gasteiger partial charge >= 0.3 is 0 Å². The van der Waals surface area contributed by atoms with E-state index in [0.29, 0.717) is 0 Å². The van der Waals surface area contributed by atoms with E-state index in [0.717, 1.165) is 16.8 Å². The molecule has 0 fully saturated rings. The lowest BCUT2D eigenvalue weighted by Crippen LogP contribution is -2.15. The first-order valence-electron chi connectivity index (χ1n) is 3.50. The molecular weight excluding hydrogens is 159 g/mol. The van der Waals surface area contributed by atoms with Crippen molar-refractivity contribution in [2.45, 2.75) is 26.4 Å². The molecule has 1 atom stereocenters. The Morgan fingerprint density at radius 2 is 2.09 bits per heavy atom. The zero-order valence-electron chi connectivity index (χ0n) is 7.01. The second-order valence-corrected chi connectivity index (χ2v) is 3.75. The smallest absolute Gasteiger partial charge is 0.120 e. The molecule has 62 valence electrons. The van der Waals surface area contributed by atoms with Crippen LogP contribution in [-0.2, 0) is 5.60 Å². The molecule has 0 saturated carbocycles. The van der Waals surface area contributed by atoms with Gasteiger partial charge in [0.1, 0.15) is 11.3 Å². The molecule has 0 saturated heterocycles. The molecule has 1 heterocycles. The van der Waals surface area contributed by atoms with Crippen LogP contribution in [0.4, 0.5) is 0 Å². The van der Waals surface area contributed by atoms with Crippen LogP contribution in [0, 0.1) is 6.92 Å². The number of hydrogen-bond acceptors (Lipinski definition) is 2. The van der Waals surface area contributed by atoms with Crippen LogP contribution < -0.4 is 5.50 Å². The first-order valence-corrected chi connectivity index (χ1v) is 4.08. The van der Waals surface area contributed by atoms with Crippen molar-refractivity contribution in [3.8, 4) is 0 Å². The molecule has 2 nitrogen and oxygen atoms in total. The number of aryl methyl sites for hydroxylation is 1. The predicted octanol–water partition coefficient (Wildman–Crippen LogP) is 1.32. The van der Waals surface area contributed by atoms with Crippen LogP contribution in [0.2, 0.25) is 0 Å². The lowest BCUT2D eigenvalue weighted by Gasteiger charge is -2.15. The molecule has 0 radical (unpaired) electrons. The number of hydrogen-bond donors (Lipinski definition) is 1. The average Bonchev–Trinajstić information content (AvgIpc) is 2.08. The van der Waals surface area contributed by atoms with Crippen molar-refractivity contribution in [1.82, 2.24) is 0 Å².